The Bertz CT molecular complexity index is 1040. The standard InChI is InChI=1S/C30H43ClN6S/c1-23-10-9-19-37(21-23)27-20-26(36-17-7-2-3-8-18-36)33-28(34-27)35-29(38)32-22-30(15-5-4-6-16-30)24-11-13-25(31)14-12-24/h11-14,20,23H,2-10,15-19,21-22H2,1H3,(H2,32,33,34,35,38)/t23-/m1/s1. The fraction of sp³-hybridized carbons (Fsp3) is 0.633. The van der Waals surface area contributed by atoms with Gasteiger partial charge in [0, 0.05) is 49.2 Å². The van der Waals surface area contributed by atoms with E-state index >= 15 is 0 Å². The molecule has 3 aliphatic rings. The average molecular weight is 555 g/mol. The molecule has 0 amide bonds. The molecule has 8 heteroatoms. The first-order chi connectivity index (χ1) is 18.5. The van der Waals surface area contributed by atoms with E-state index in [1.807, 2.05) is 12.1 Å². The topological polar surface area (TPSA) is 56.3 Å². The highest BCUT2D eigenvalue weighted by Crippen LogP contribution is 2.39. The van der Waals surface area contributed by atoms with Crippen LogP contribution < -0.4 is 20.4 Å². The first-order valence-corrected chi connectivity index (χ1v) is 15.5. The maximum Gasteiger partial charge on any atom is 0.232 e. The van der Waals surface area contributed by atoms with Crippen LogP contribution in [-0.4, -0.2) is 47.8 Å². The molecule has 1 aliphatic carbocycles. The van der Waals surface area contributed by atoms with E-state index < -0.39 is 0 Å². The third-order valence-electron chi connectivity index (χ3n) is 8.69. The van der Waals surface area contributed by atoms with Gasteiger partial charge in [-0.1, -0.05) is 62.8 Å². The van der Waals surface area contributed by atoms with Gasteiger partial charge in [0.1, 0.15) is 11.6 Å². The van der Waals surface area contributed by atoms with Crippen molar-refractivity contribution in [1.82, 2.24) is 15.3 Å². The quantitative estimate of drug-likeness (QED) is 0.375. The number of nitrogens with one attached hydrogen (secondary N) is 2. The molecule has 6 nitrogen and oxygen atoms in total. The Kier molecular flexibility index (Phi) is 9.26. The molecule has 3 fully saturated rings. The second-order valence-electron chi connectivity index (χ2n) is 11.7. The first kappa shape index (κ1) is 27.4. The molecule has 0 radical (unpaired) electrons. The van der Waals surface area contributed by atoms with Crippen LogP contribution in [0.2, 0.25) is 5.02 Å². The van der Waals surface area contributed by atoms with Crippen LogP contribution in [-0.2, 0) is 5.41 Å². The summed E-state index contributed by atoms with van der Waals surface area (Å²) < 4.78 is 0. The molecule has 2 N–H and O–H groups in total. The van der Waals surface area contributed by atoms with Gasteiger partial charge >= 0.3 is 0 Å². The van der Waals surface area contributed by atoms with Crippen molar-refractivity contribution in [2.24, 2.45) is 5.92 Å². The molecule has 1 aromatic carbocycles. The molecule has 2 saturated heterocycles. The Labute approximate surface area is 238 Å². The van der Waals surface area contributed by atoms with Crippen molar-refractivity contribution < 1.29 is 0 Å². The van der Waals surface area contributed by atoms with Gasteiger partial charge in [-0.25, -0.2) is 0 Å². The highest BCUT2D eigenvalue weighted by Gasteiger charge is 2.34. The summed E-state index contributed by atoms with van der Waals surface area (Å²) in [7, 11) is 0. The summed E-state index contributed by atoms with van der Waals surface area (Å²) in [6.07, 6.45) is 13.6. The minimum absolute atomic E-state index is 0.0679. The van der Waals surface area contributed by atoms with Crippen LogP contribution in [0.4, 0.5) is 17.6 Å². The number of benzene rings is 1. The average Bonchev–Trinajstić information content (AvgIpc) is 3.23. The Hall–Kier alpha value is -2.12. The minimum atomic E-state index is 0.0679. The highest BCUT2D eigenvalue weighted by atomic mass is 35.5. The molecule has 3 heterocycles. The summed E-state index contributed by atoms with van der Waals surface area (Å²) in [5.74, 6) is 3.31. The SMILES string of the molecule is C[C@@H]1CCCN(c2cc(N3CCCCCC3)nc(NC(=S)NCC3(c4ccc(Cl)cc4)CCCCC3)n2)C1. The number of aromatic nitrogens is 2. The lowest BCUT2D eigenvalue weighted by Gasteiger charge is -2.38. The van der Waals surface area contributed by atoms with Crippen LogP contribution in [0, 0.1) is 5.92 Å². The van der Waals surface area contributed by atoms with Crippen LogP contribution in [0.15, 0.2) is 30.3 Å². The van der Waals surface area contributed by atoms with E-state index in [9.17, 15) is 0 Å². The van der Waals surface area contributed by atoms with E-state index in [0.717, 1.165) is 62.2 Å². The summed E-state index contributed by atoms with van der Waals surface area (Å²) in [6, 6.07) is 10.6. The van der Waals surface area contributed by atoms with E-state index in [2.05, 4.69) is 45.6 Å². The van der Waals surface area contributed by atoms with Gasteiger partial charge in [-0.15, -0.1) is 0 Å². The predicted octanol–water partition coefficient (Wildman–Crippen LogP) is 6.94. The predicted molar refractivity (Wildman–Crippen MR) is 164 cm³/mol. The number of halogens is 1. The Morgan fingerprint density at radius 1 is 0.921 bits per heavy atom. The van der Waals surface area contributed by atoms with Crippen LogP contribution in [0.3, 0.4) is 0 Å². The third-order valence-corrected chi connectivity index (χ3v) is 9.19. The minimum Gasteiger partial charge on any atom is -0.361 e. The molecule has 38 heavy (non-hydrogen) atoms. The molecule has 206 valence electrons. The van der Waals surface area contributed by atoms with Crippen LogP contribution >= 0.6 is 23.8 Å². The van der Waals surface area contributed by atoms with E-state index in [1.54, 1.807) is 0 Å². The number of nitrogens with zero attached hydrogens (tertiary/aromatic N) is 4. The zero-order chi connectivity index (χ0) is 26.4. The van der Waals surface area contributed by atoms with Gasteiger partial charge in [0.15, 0.2) is 5.11 Å². The Balaban J connectivity index is 1.33. The maximum atomic E-state index is 6.20. The fourth-order valence-electron chi connectivity index (χ4n) is 6.49. The Morgan fingerprint density at radius 3 is 2.24 bits per heavy atom. The lowest BCUT2D eigenvalue weighted by Crippen LogP contribution is -2.43. The smallest absolute Gasteiger partial charge is 0.232 e. The largest absolute Gasteiger partial charge is 0.361 e. The second kappa shape index (κ2) is 12.8. The number of thiocarbonyl (C=S) groups is 1. The van der Waals surface area contributed by atoms with Crippen molar-refractivity contribution in [3.63, 3.8) is 0 Å². The zero-order valence-electron chi connectivity index (χ0n) is 22.9. The van der Waals surface area contributed by atoms with Gasteiger partial charge in [0.2, 0.25) is 5.95 Å². The number of hydrogen-bond acceptors (Lipinski definition) is 5. The normalized spacial score (nSPS) is 22.0. The van der Waals surface area contributed by atoms with Crippen molar-refractivity contribution >= 4 is 46.5 Å². The number of rotatable bonds is 6. The summed E-state index contributed by atoms with van der Waals surface area (Å²) in [5.41, 5.74) is 1.41. The second-order valence-corrected chi connectivity index (χ2v) is 12.5. The monoisotopic (exact) mass is 554 g/mol. The molecule has 2 aromatic rings. The fourth-order valence-corrected chi connectivity index (χ4v) is 6.78. The number of anilines is 3. The summed E-state index contributed by atoms with van der Waals surface area (Å²) >= 11 is 12.0. The molecule has 1 aromatic heterocycles. The van der Waals surface area contributed by atoms with E-state index in [0.29, 0.717) is 17.0 Å². The Morgan fingerprint density at radius 2 is 1.55 bits per heavy atom. The molecule has 2 aliphatic heterocycles. The molecule has 5 rings (SSSR count). The molecule has 1 atom stereocenters. The lowest BCUT2D eigenvalue weighted by molar-refractivity contribution is 0.292. The van der Waals surface area contributed by atoms with Gasteiger partial charge < -0.3 is 20.4 Å². The van der Waals surface area contributed by atoms with Gasteiger partial charge in [-0.2, -0.15) is 9.97 Å². The van der Waals surface area contributed by atoms with Gasteiger partial charge in [0.25, 0.3) is 0 Å². The molecular weight excluding hydrogens is 512 g/mol. The lowest BCUT2D eigenvalue weighted by atomic mass is 9.69. The molecule has 1 saturated carbocycles. The van der Waals surface area contributed by atoms with E-state index in [4.69, 9.17) is 33.8 Å². The maximum absolute atomic E-state index is 6.20. The van der Waals surface area contributed by atoms with Crippen molar-refractivity contribution in [2.45, 2.75) is 83.0 Å². The zero-order valence-corrected chi connectivity index (χ0v) is 24.4. The first-order valence-electron chi connectivity index (χ1n) is 14.7. The van der Waals surface area contributed by atoms with E-state index in [-0.39, 0.29) is 5.41 Å². The van der Waals surface area contributed by atoms with Crippen LogP contribution in [0.1, 0.15) is 83.1 Å². The summed E-state index contributed by atoms with van der Waals surface area (Å²) in [6.45, 7) is 7.33. The van der Waals surface area contributed by atoms with E-state index in [1.165, 1.54) is 63.4 Å². The third kappa shape index (κ3) is 6.90. The van der Waals surface area contributed by atoms with Crippen LogP contribution in [0.25, 0.3) is 0 Å². The van der Waals surface area contributed by atoms with Crippen LogP contribution in [0.5, 0.6) is 0 Å². The van der Waals surface area contributed by atoms with Crippen molar-refractivity contribution in [1.29, 1.82) is 0 Å². The molecular formula is C30H43ClN6S. The summed E-state index contributed by atoms with van der Waals surface area (Å²) in [4.78, 5) is 14.8. The van der Waals surface area contributed by atoms with Crippen molar-refractivity contribution in [2.75, 3.05) is 47.8 Å². The van der Waals surface area contributed by atoms with Crippen molar-refractivity contribution in [3.05, 3.63) is 40.9 Å². The summed E-state index contributed by atoms with van der Waals surface area (Å²) in [5, 5.41) is 8.29. The van der Waals surface area contributed by atoms with Crippen molar-refractivity contribution in [3.8, 4) is 0 Å². The number of piperidine rings is 1. The van der Waals surface area contributed by atoms with Gasteiger partial charge in [-0.05, 0) is 74.4 Å². The molecule has 0 bridgehead atoms. The number of hydrogen-bond donors (Lipinski definition) is 2. The molecule has 0 spiro atoms. The van der Waals surface area contributed by atoms with Gasteiger partial charge in [-0.3, -0.25) is 0 Å². The van der Waals surface area contributed by atoms with Gasteiger partial charge in [0.05, 0.1) is 0 Å². The molecule has 0 unspecified atom stereocenters. The highest BCUT2D eigenvalue weighted by molar-refractivity contribution is 7.80.